The lowest BCUT2D eigenvalue weighted by Crippen LogP contribution is -2.25. The molecule has 33 heavy (non-hydrogen) atoms. The molecule has 174 valence electrons. The highest BCUT2D eigenvalue weighted by molar-refractivity contribution is 6.03. The van der Waals surface area contributed by atoms with Gasteiger partial charge in [-0.15, -0.1) is 0 Å². The van der Waals surface area contributed by atoms with Crippen LogP contribution >= 0.6 is 0 Å². The maximum Gasteiger partial charge on any atom is 0.257 e. The van der Waals surface area contributed by atoms with Gasteiger partial charge in [0.15, 0.2) is 0 Å². The molecule has 0 spiro atoms. The van der Waals surface area contributed by atoms with E-state index in [9.17, 15) is 23.8 Å². The van der Waals surface area contributed by atoms with Crippen molar-refractivity contribution in [2.45, 2.75) is 19.1 Å². The summed E-state index contributed by atoms with van der Waals surface area (Å²) in [7, 11) is 0. The molecule has 1 atom stereocenters. The number of hydrogen-bond donors (Lipinski definition) is 5. The molecule has 0 heterocycles. The summed E-state index contributed by atoms with van der Waals surface area (Å²) in [4.78, 5) is 13.1. The SMILES string of the molecule is O=C(NCc1ccccc1)c1c(Nc2ccc(O)cc2F)cc(F)cc1OCC[C@@H](O)CO. The molecule has 0 saturated heterocycles. The van der Waals surface area contributed by atoms with Crippen molar-refractivity contribution in [3.63, 3.8) is 0 Å². The summed E-state index contributed by atoms with van der Waals surface area (Å²) in [6, 6.07) is 14.5. The number of carbonyl (C=O) groups is 1. The number of ether oxygens (including phenoxy) is 1. The fraction of sp³-hybridized carbons (Fsp3) is 0.208. The zero-order valence-corrected chi connectivity index (χ0v) is 17.6. The second kappa shape index (κ2) is 11.3. The van der Waals surface area contributed by atoms with E-state index < -0.39 is 30.3 Å². The summed E-state index contributed by atoms with van der Waals surface area (Å²) in [6.45, 7) is -0.381. The fourth-order valence-electron chi connectivity index (χ4n) is 3.04. The zero-order chi connectivity index (χ0) is 23.8. The van der Waals surface area contributed by atoms with Crippen molar-refractivity contribution < 1.29 is 33.6 Å². The van der Waals surface area contributed by atoms with Gasteiger partial charge >= 0.3 is 0 Å². The topological polar surface area (TPSA) is 111 Å². The van der Waals surface area contributed by atoms with Crippen molar-refractivity contribution >= 4 is 17.3 Å². The van der Waals surface area contributed by atoms with E-state index in [0.29, 0.717) is 0 Å². The molecule has 9 heteroatoms. The number of aliphatic hydroxyl groups is 2. The number of anilines is 2. The third-order valence-corrected chi connectivity index (χ3v) is 4.73. The van der Waals surface area contributed by atoms with E-state index >= 15 is 0 Å². The van der Waals surface area contributed by atoms with Crippen molar-refractivity contribution in [3.8, 4) is 11.5 Å². The van der Waals surface area contributed by atoms with Crippen LogP contribution in [0.3, 0.4) is 0 Å². The van der Waals surface area contributed by atoms with Gasteiger partial charge in [0.25, 0.3) is 5.91 Å². The predicted octanol–water partition coefficient (Wildman–Crippen LogP) is 3.47. The van der Waals surface area contributed by atoms with Crippen LogP contribution in [0.25, 0.3) is 0 Å². The molecule has 1 amide bonds. The van der Waals surface area contributed by atoms with Gasteiger partial charge in [0, 0.05) is 25.1 Å². The molecular formula is C24H24F2N2O5. The molecule has 0 bridgehead atoms. The van der Waals surface area contributed by atoms with Gasteiger partial charge in [-0.1, -0.05) is 30.3 Å². The van der Waals surface area contributed by atoms with Crippen molar-refractivity contribution in [2.24, 2.45) is 0 Å². The summed E-state index contributed by atoms with van der Waals surface area (Å²) in [6.07, 6.45) is -0.981. The highest BCUT2D eigenvalue weighted by atomic mass is 19.1. The van der Waals surface area contributed by atoms with Gasteiger partial charge in [-0.3, -0.25) is 4.79 Å². The van der Waals surface area contributed by atoms with E-state index in [-0.39, 0.29) is 48.0 Å². The molecule has 5 N–H and O–H groups in total. The lowest BCUT2D eigenvalue weighted by atomic mass is 10.1. The first kappa shape index (κ1) is 24.0. The van der Waals surface area contributed by atoms with E-state index in [1.165, 1.54) is 12.1 Å². The number of aromatic hydroxyl groups is 1. The summed E-state index contributed by atoms with van der Waals surface area (Å²) in [5.74, 6) is -2.55. The molecule has 0 aliphatic heterocycles. The minimum atomic E-state index is -1.03. The Morgan fingerprint density at radius 2 is 1.79 bits per heavy atom. The third kappa shape index (κ3) is 6.64. The number of hydrogen-bond acceptors (Lipinski definition) is 6. The zero-order valence-electron chi connectivity index (χ0n) is 17.6. The summed E-state index contributed by atoms with van der Waals surface area (Å²) < 4.78 is 34.2. The van der Waals surface area contributed by atoms with Crippen LogP contribution in [0.5, 0.6) is 11.5 Å². The van der Waals surface area contributed by atoms with Crippen LogP contribution in [0, 0.1) is 11.6 Å². The Labute approximate surface area is 189 Å². The van der Waals surface area contributed by atoms with Gasteiger partial charge < -0.3 is 30.7 Å². The number of phenols is 1. The Balaban J connectivity index is 1.92. The first-order chi connectivity index (χ1) is 15.9. The number of phenolic OH excluding ortho intramolecular Hbond substituents is 1. The number of benzene rings is 3. The largest absolute Gasteiger partial charge is 0.508 e. The molecule has 0 fully saturated rings. The quantitative estimate of drug-likeness (QED) is 0.298. The Morgan fingerprint density at radius 1 is 1.03 bits per heavy atom. The minimum absolute atomic E-state index is 0.0490. The summed E-state index contributed by atoms with van der Waals surface area (Å²) in [5, 5.41) is 33.3. The molecule has 3 aromatic carbocycles. The van der Waals surface area contributed by atoms with Gasteiger partial charge in [0.2, 0.25) is 0 Å². The van der Waals surface area contributed by atoms with Crippen molar-refractivity contribution in [2.75, 3.05) is 18.5 Å². The maximum absolute atomic E-state index is 14.4. The highest BCUT2D eigenvalue weighted by Crippen LogP contribution is 2.32. The monoisotopic (exact) mass is 458 g/mol. The Morgan fingerprint density at radius 3 is 2.48 bits per heavy atom. The number of amides is 1. The number of halogens is 2. The third-order valence-electron chi connectivity index (χ3n) is 4.73. The molecule has 3 rings (SSSR count). The smallest absolute Gasteiger partial charge is 0.257 e. The normalized spacial score (nSPS) is 11.6. The van der Waals surface area contributed by atoms with Crippen LogP contribution < -0.4 is 15.4 Å². The number of carbonyl (C=O) groups excluding carboxylic acids is 1. The molecule has 0 aliphatic rings. The van der Waals surface area contributed by atoms with Crippen molar-refractivity contribution in [3.05, 3.63) is 83.4 Å². The van der Waals surface area contributed by atoms with E-state index in [1.807, 2.05) is 30.3 Å². The second-order valence-corrected chi connectivity index (χ2v) is 7.26. The first-order valence-electron chi connectivity index (χ1n) is 10.2. The second-order valence-electron chi connectivity index (χ2n) is 7.26. The summed E-state index contributed by atoms with van der Waals surface area (Å²) >= 11 is 0. The van der Waals surface area contributed by atoms with Gasteiger partial charge in [-0.2, -0.15) is 0 Å². The van der Waals surface area contributed by atoms with Crippen LogP contribution in [0.1, 0.15) is 22.3 Å². The van der Waals surface area contributed by atoms with E-state index in [0.717, 1.165) is 23.8 Å². The molecule has 0 aliphatic carbocycles. The first-order valence-corrected chi connectivity index (χ1v) is 10.2. The van der Waals surface area contributed by atoms with E-state index in [2.05, 4.69) is 10.6 Å². The Hall–Kier alpha value is -3.69. The number of rotatable bonds is 10. The van der Waals surface area contributed by atoms with Crippen molar-refractivity contribution in [1.29, 1.82) is 0 Å². The molecule has 0 aromatic heterocycles. The van der Waals surface area contributed by atoms with Crippen LogP contribution in [-0.4, -0.2) is 40.5 Å². The minimum Gasteiger partial charge on any atom is -0.508 e. The molecule has 0 radical (unpaired) electrons. The average molecular weight is 458 g/mol. The lowest BCUT2D eigenvalue weighted by Gasteiger charge is -2.18. The Bertz CT molecular complexity index is 1100. The van der Waals surface area contributed by atoms with Gasteiger partial charge in [-0.25, -0.2) is 8.78 Å². The average Bonchev–Trinajstić information content (AvgIpc) is 2.79. The lowest BCUT2D eigenvalue weighted by molar-refractivity contribution is 0.0750. The molecule has 0 saturated carbocycles. The number of aliphatic hydroxyl groups excluding tert-OH is 2. The Kier molecular flexibility index (Phi) is 8.17. The van der Waals surface area contributed by atoms with Crippen LogP contribution in [0.15, 0.2) is 60.7 Å². The van der Waals surface area contributed by atoms with Gasteiger partial charge in [0.05, 0.1) is 30.7 Å². The maximum atomic E-state index is 14.4. The van der Waals surface area contributed by atoms with Crippen LogP contribution in [-0.2, 0) is 6.54 Å². The summed E-state index contributed by atoms with van der Waals surface area (Å²) in [5.41, 5.74) is 0.624. The molecule has 3 aromatic rings. The van der Waals surface area contributed by atoms with Crippen molar-refractivity contribution in [1.82, 2.24) is 5.32 Å². The predicted molar refractivity (Wildman–Crippen MR) is 119 cm³/mol. The number of nitrogens with one attached hydrogen (secondary N) is 2. The standard InChI is InChI=1S/C24H24F2N2O5/c25-16-10-21(28-20-7-6-17(30)12-19(20)26)23(22(11-16)33-9-8-18(31)14-29)24(32)27-13-15-4-2-1-3-5-15/h1-7,10-12,18,28-31H,8-9,13-14H2,(H,27,32)/t18-/m1/s1. The van der Waals surface area contributed by atoms with E-state index in [1.54, 1.807) is 0 Å². The van der Waals surface area contributed by atoms with Crippen LogP contribution in [0.4, 0.5) is 20.2 Å². The molecule has 7 nitrogen and oxygen atoms in total. The fourth-order valence-corrected chi connectivity index (χ4v) is 3.04. The molecule has 0 unspecified atom stereocenters. The van der Waals surface area contributed by atoms with Gasteiger partial charge in [-0.05, 0) is 23.8 Å². The van der Waals surface area contributed by atoms with E-state index in [4.69, 9.17) is 9.84 Å². The van der Waals surface area contributed by atoms with Gasteiger partial charge in [0.1, 0.15) is 28.7 Å². The van der Waals surface area contributed by atoms with Crippen LogP contribution in [0.2, 0.25) is 0 Å². The highest BCUT2D eigenvalue weighted by Gasteiger charge is 2.21. The molecular weight excluding hydrogens is 434 g/mol.